The molecule has 0 radical (unpaired) electrons. The van der Waals surface area contributed by atoms with Crippen molar-refractivity contribution in [2.45, 2.75) is 20.4 Å². The van der Waals surface area contributed by atoms with Gasteiger partial charge in [0, 0.05) is 24.0 Å². The lowest BCUT2D eigenvalue weighted by Gasteiger charge is -2.09. The van der Waals surface area contributed by atoms with Crippen LogP contribution in [0, 0.1) is 25.2 Å². The Morgan fingerprint density at radius 3 is 2.95 bits per heavy atom. The molecule has 0 atom stereocenters. The third-order valence-electron chi connectivity index (χ3n) is 2.85. The second kappa shape index (κ2) is 5.36. The molecule has 2 aromatic rings. The average molecular weight is 254 g/mol. The number of pyridine rings is 2. The zero-order valence-electron chi connectivity index (χ0n) is 10.8. The third-order valence-corrected chi connectivity index (χ3v) is 2.85. The van der Waals surface area contributed by atoms with Gasteiger partial charge in [-0.2, -0.15) is 5.26 Å². The number of aromatic nitrogens is 2. The van der Waals surface area contributed by atoms with Gasteiger partial charge in [-0.25, -0.2) is 4.98 Å². The number of hydrogen-bond donors (Lipinski definition) is 2. The molecular formula is C14H14N4O. The van der Waals surface area contributed by atoms with E-state index in [0.29, 0.717) is 23.5 Å². The molecule has 0 bridgehead atoms. The Bertz CT molecular complexity index is 697. The molecule has 0 saturated carbocycles. The minimum absolute atomic E-state index is 0.112. The summed E-state index contributed by atoms with van der Waals surface area (Å²) in [4.78, 5) is 18.7. The van der Waals surface area contributed by atoms with Crippen LogP contribution in [0.15, 0.2) is 29.2 Å². The zero-order chi connectivity index (χ0) is 13.8. The number of nitrogens with zero attached hydrogens (tertiary/aromatic N) is 2. The van der Waals surface area contributed by atoms with Gasteiger partial charge < -0.3 is 10.3 Å². The summed E-state index contributed by atoms with van der Waals surface area (Å²) in [6, 6.07) is 7.36. The van der Waals surface area contributed by atoms with E-state index in [4.69, 9.17) is 5.26 Å². The largest absolute Gasteiger partial charge is 0.365 e. The fourth-order valence-electron chi connectivity index (χ4n) is 1.91. The van der Waals surface area contributed by atoms with E-state index in [9.17, 15) is 4.79 Å². The van der Waals surface area contributed by atoms with E-state index < -0.39 is 0 Å². The molecular weight excluding hydrogens is 240 g/mol. The van der Waals surface area contributed by atoms with Crippen LogP contribution in [0.4, 0.5) is 5.82 Å². The van der Waals surface area contributed by atoms with Crippen LogP contribution in [0.5, 0.6) is 0 Å². The topological polar surface area (TPSA) is 81.6 Å². The van der Waals surface area contributed by atoms with Crippen LogP contribution in [-0.2, 0) is 6.54 Å². The number of hydrogen-bond acceptors (Lipinski definition) is 4. The van der Waals surface area contributed by atoms with Gasteiger partial charge in [0.1, 0.15) is 11.9 Å². The van der Waals surface area contributed by atoms with Crippen LogP contribution in [0.2, 0.25) is 0 Å². The van der Waals surface area contributed by atoms with E-state index in [-0.39, 0.29) is 5.56 Å². The van der Waals surface area contributed by atoms with Crippen molar-refractivity contribution in [3.8, 4) is 6.07 Å². The van der Waals surface area contributed by atoms with Crippen molar-refractivity contribution in [2.75, 3.05) is 5.32 Å². The second-order valence-corrected chi connectivity index (χ2v) is 4.31. The van der Waals surface area contributed by atoms with Crippen LogP contribution in [0.3, 0.4) is 0 Å². The first-order valence-corrected chi connectivity index (χ1v) is 5.90. The number of nitriles is 1. The highest BCUT2D eigenvalue weighted by Gasteiger charge is 2.07. The maximum atomic E-state index is 11.9. The summed E-state index contributed by atoms with van der Waals surface area (Å²) in [5, 5.41) is 12.0. The first kappa shape index (κ1) is 12.8. The number of H-pyrrole nitrogens is 1. The molecule has 2 aromatic heterocycles. The van der Waals surface area contributed by atoms with E-state index in [2.05, 4.69) is 21.4 Å². The summed E-state index contributed by atoms with van der Waals surface area (Å²) in [7, 11) is 0. The molecule has 0 aliphatic heterocycles. The van der Waals surface area contributed by atoms with Gasteiger partial charge in [0.2, 0.25) is 0 Å². The highest BCUT2D eigenvalue weighted by Crippen LogP contribution is 2.12. The molecule has 0 saturated heterocycles. The Morgan fingerprint density at radius 2 is 2.26 bits per heavy atom. The highest BCUT2D eigenvalue weighted by atomic mass is 16.1. The van der Waals surface area contributed by atoms with Gasteiger partial charge in [0.05, 0.1) is 5.56 Å². The standard InChI is InChI=1S/C14H14N4O/c1-9-6-10(2)18-14(19)12(9)8-17-13-11(7-15)4-3-5-16-13/h3-6H,8H2,1-2H3,(H,16,17)(H,18,19). The molecule has 0 amide bonds. The molecule has 0 aromatic carbocycles. The van der Waals surface area contributed by atoms with Crippen molar-refractivity contribution in [3.05, 3.63) is 57.1 Å². The van der Waals surface area contributed by atoms with Crippen LogP contribution in [0.1, 0.15) is 22.4 Å². The normalized spacial score (nSPS) is 9.95. The van der Waals surface area contributed by atoms with E-state index >= 15 is 0 Å². The van der Waals surface area contributed by atoms with E-state index in [1.54, 1.807) is 18.3 Å². The fraction of sp³-hybridized carbons (Fsp3) is 0.214. The number of nitrogens with one attached hydrogen (secondary N) is 2. The summed E-state index contributed by atoms with van der Waals surface area (Å²) in [5.41, 5.74) is 2.76. The molecule has 0 aliphatic carbocycles. The molecule has 0 fully saturated rings. The van der Waals surface area contributed by atoms with Crippen molar-refractivity contribution >= 4 is 5.82 Å². The molecule has 0 aliphatic rings. The lowest BCUT2D eigenvalue weighted by atomic mass is 10.1. The van der Waals surface area contributed by atoms with Crippen molar-refractivity contribution in [3.63, 3.8) is 0 Å². The Labute approximate surface area is 110 Å². The molecule has 96 valence electrons. The quantitative estimate of drug-likeness (QED) is 0.876. The predicted molar refractivity (Wildman–Crippen MR) is 72.8 cm³/mol. The van der Waals surface area contributed by atoms with Crippen molar-refractivity contribution < 1.29 is 0 Å². The lowest BCUT2D eigenvalue weighted by Crippen LogP contribution is -2.19. The number of anilines is 1. The Kier molecular flexibility index (Phi) is 3.62. The van der Waals surface area contributed by atoms with Crippen LogP contribution >= 0.6 is 0 Å². The summed E-state index contributed by atoms with van der Waals surface area (Å²) >= 11 is 0. The van der Waals surface area contributed by atoms with Gasteiger partial charge in [0.15, 0.2) is 0 Å². The first-order valence-electron chi connectivity index (χ1n) is 5.90. The minimum atomic E-state index is -0.112. The SMILES string of the molecule is Cc1cc(C)c(CNc2ncccc2C#N)c(=O)[nH]1. The van der Waals surface area contributed by atoms with Crippen LogP contribution in [0.25, 0.3) is 0 Å². The molecule has 0 spiro atoms. The summed E-state index contributed by atoms with van der Waals surface area (Å²) in [5.74, 6) is 0.490. The van der Waals surface area contributed by atoms with Gasteiger partial charge in [-0.1, -0.05) is 0 Å². The molecule has 0 unspecified atom stereocenters. The van der Waals surface area contributed by atoms with Gasteiger partial charge in [0.25, 0.3) is 5.56 Å². The van der Waals surface area contributed by atoms with Crippen molar-refractivity contribution in [1.29, 1.82) is 5.26 Å². The maximum Gasteiger partial charge on any atom is 0.253 e. The minimum Gasteiger partial charge on any atom is -0.365 e. The molecule has 2 N–H and O–H groups in total. The number of aryl methyl sites for hydroxylation is 2. The maximum absolute atomic E-state index is 11.9. The summed E-state index contributed by atoms with van der Waals surface area (Å²) in [6.07, 6.45) is 1.61. The van der Waals surface area contributed by atoms with Crippen molar-refractivity contribution in [2.24, 2.45) is 0 Å². The van der Waals surface area contributed by atoms with Gasteiger partial charge in [-0.15, -0.1) is 0 Å². The average Bonchev–Trinajstić information content (AvgIpc) is 2.38. The molecule has 5 nitrogen and oxygen atoms in total. The van der Waals surface area contributed by atoms with Crippen molar-refractivity contribution in [1.82, 2.24) is 9.97 Å². The fourth-order valence-corrected chi connectivity index (χ4v) is 1.91. The second-order valence-electron chi connectivity index (χ2n) is 4.31. The molecule has 19 heavy (non-hydrogen) atoms. The van der Waals surface area contributed by atoms with E-state index in [1.807, 2.05) is 19.9 Å². The van der Waals surface area contributed by atoms with E-state index in [0.717, 1.165) is 11.3 Å². The molecule has 2 rings (SSSR count). The first-order chi connectivity index (χ1) is 9.11. The monoisotopic (exact) mass is 254 g/mol. The number of aromatic amines is 1. The lowest BCUT2D eigenvalue weighted by molar-refractivity contribution is 1.00. The van der Waals surface area contributed by atoms with Crippen LogP contribution < -0.4 is 10.9 Å². The smallest absolute Gasteiger partial charge is 0.253 e. The Hall–Kier alpha value is -2.61. The van der Waals surface area contributed by atoms with Crippen LogP contribution in [-0.4, -0.2) is 9.97 Å². The predicted octanol–water partition coefficient (Wildman–Crippen LogP) is 1.87. The summed E-state index contributed by atoms with van der Waals surface area (Å²) in [6.45, 7) is 4.08. The molecule has 2 heterocycles. The zero-order valence-corrected chi connectivity index (χ0v) is 10.8. The van der Waals surface area contributed by atoms with E-state index in [1.165, 1.54) is 0 Å². The third kappa shape index (κ3) is 2.80. The van der Waals surface area contributed by atoms with Gasteiger partial charge in [-0.05, 0) is 37.6 Å². The summed E-state index contributed by atoms with van der Waals surface area (Å²) < 4.78 is 0. The van der Waals surface area contributed by atoms with Gasteiger partial charge in [-0.3, -0.25) is 4.79 Å². The highest BCUT2D eigenvalue weighted by molar-refractivity contribution is 5.51. The Morgan fingerprint density at radius 1 is 1.47 bits per heavy atom. The number of rotatable bonds is 3. The van der Waals surface area contributed by atoms with Gasteiger partial charge >= 0.3 is 0 Å². The molecule has 5 heteroatoms. The Balaban J connectivity index is 2.25.